The van der Waals surface area contributed by atoms with Crippen LogP contribution in [0.5, 0.6) is 0 Å². The minimum Gasteiger partial charge on any atom is -0.341 e. The van der Waals surface area contributed by atoms with Crippen molar-refractivity contribution in [2.75, 3.05) is 32.7 Å². The summed E-state index contributed by atoms with van der Waals surface area (Å²) in [6.07, 6.45) is 3.52. The number of benzene rings is 2. The van der Waals surface area contributed by atoms with Crippen molar-refractivity contribution in [3.05, 3.63) is 71.5 Å². The molecule has 3 rings (SSSR count). The van der Waals surface area contributed by atoms with E-state index in [1.165, 1.54) is 17.7 Å². The molecule has 1 heterocycles. The molecule has 4 heteroatoms. The summed E-state index contributed by atoms with van der Waals surface area (Å²) in [6.45, 7) is 4.59. The van der Waals surface area contributed by atoms with Gasteiger partial charge < -0.3 is 9.80 Å². The molecule has 1 amide bonds. The van der Waals surface area contributed by atoms with Crippen LogP contribution >= 0.6 is 0 Å². The van der Waals surface area contributed by atoms with Crippen LogP contribution < -0.4 is 0 Å². The SMILES string of the molecule is O=C(Cc1cccc(F)c1)N1CCCN(CCCc2ccccc2)CC1. The van der Waals surface area contributed by atoms with Gasteiger partial charge in [0.2, 0.25) is 5.91 Å². The van der Waals surface area contributed by atoms with E-state index >= 15 is 0 Å². The minimum absolute atomic E-state index is 0.0988. The first-order chi connectivity index (χ1) is 12.7. The summed E-state index contributed by atoms with van der Waals surface area (Å²) in [5.74, 6) is -0.183. The molecule has 2 aromatic rings. The third kappa shape index (κ3) is 5.67. The smallest absolute Gasteiger partial charge is 0.227 e. The van der Waals surface area contributed by atoms with Crippen molar-refractivity contribution in [2.45, 2.75) is 25.7 Å². The Bertz CT molecular complexity index is 704. The van der Waals surface area contributed by atoms with E-state index in [1.807, 2.05) is 17.0 Å². The highest BCUT2D eigenvalue weighted by Crippen LogP contribution is 2.10. The van der Waals surface area contributed by atoms with Gasteiger partial charge in [-0.1, -0.05) is 42.5 Å². The fourth-order valence-corrected chi connectivity index (χ4v) is 3.53. The lowest BCUT2D eigenvalue weighted by atomic mass is 10.1. The minimum atomic E-state index is -0.282. The number of hydrogen-bond acceptors (Lipinski definition) is 2. The first-order valence-electron chi connectivity index (χ1n) is 9.49. The Morgan fingerprint density at radius 2 is 1.73 bits per heavy atom. The van der Waals surface area contributed by atoms with Crippen molar-refractivity contribution >= 4 is 5.91 Å². The monoisotopic (exact) mass is 354 g/mol. The predicted octanol–water partition coefficient (Wildman–Crippen LogP) is 3.54. The molecule has 1 aliphatic heterocycles. The highest BCUT2D eigenvalue weighted by atomic mass is 19.1. The maximum Gasteiger partial charge on any atom is 0.227 e. The van der Waals surface area contributed by atoms with Crippen LogP contribution in [0.1, 0.15) is 24.0 Å². The maximum absolute atomic E-state index is 13.3. The van der Waals surface area contributed by atoms with E-state index in [1.54, 1.807) is 6.07 Å². The molecule has 0 spiro atoms. The van der Waals surface area contributed by atoms with Gasteiger partial charge in [0, 0.05) is 19.6 Å². The van der Waals surface area contributed by atoms with Gasteiger partial charge in [-0.05, 0) is 55.6 Å². The van der Waals surface area contributed by atoms with Crippen molar-refractivity contribution in [3.63, 3.8) is 0 Å². The molecule has 138 valence electrons. The maximum atomic E-state index is 13.3. The van der Waals surface area contributed by atoms with Gasteiger partial charge in [-0.25, -0.2) is 4.39 Å². The zero-order chi connectivity index (χ0) is 18.2. The van der Waals surface area contributed by atoms with E-state index in [0.29, 0.717) is 0 Å². The number of amides is 1. The Balaban J connectivity index is 1.43. The largest absolute Gasteiger partial charge is 0.341 e. The van der Waals surface area contributed by atoms with E-state index in [-0.39, 0.29) is 18.1 Å². The lowest BCUT2D eigenvalue weighted by Gasteiger charge is -2.22. The number of halogens is 1. The fraction of sp³-hybridized carbons (Fsp3) is 0.409. The molecule has 0 radical (unpaired) electrons. The Hall–Kier alpha value is -2.20. The average Bonchev–Trinajstić information content (AvgIpc) is 2.88. The van der Waals surface area contributed by atoms with Crippen molar-refractivity contribution in [2.24, 2.45) is 0 Å². The van der Waals surface area contributed by atoms with Crippen molar-refractivity contribution in [3.8, 4) is 0 Å². The molecule has 1 saturated heterocycles. The Labute approximate surface area is 155 Å². The Morgan fingerprint density at radius 1 is 0.923 bits per heavy atom. The van der Waals surface area contributed by atoms with Crippen molar-refractivity contribution in [1.82, 2.24) is 9.80 Å². The van der Waals surface area contributed by atoms with E-state index < -0.39 is 0 Å². The van der Waals surface area contributed by atoms with E-state index in [2.05, 4.69) is 29.2 Å². The molecule has 1 aliphatic rings. The van der Waals surface area contributed by atoms with Gasteiger partial charge in [0.05, 0.1) is 6.42 Å². The average molecular weight is 354 g/mol. The Morgan fingerprint density at radius 3 is 2.54 bits per heavy atom. The highest BCUT2D eigenvalue weighted by Gasteiger charge is 2.19. The lowest BCUT2D eigenvalue weighted by Crippen LogP contribution is -2.36. The van der Waals surface area contributed by atoms with Crippen LogP contribution in [-0.2, 0) is 17.6 Å². The normalized spacial score (nSPS) is 15.7. The van der Waals surface area contributed by atoms with Crippen LogP contribution in [0, 0.1) is 5.82 Å². The molecule has 0 unspecified atom stereocenters. The third-order valence-electron chi connectivity index (χ3n) is 4.97. The van der Waals surface area contributed by atoms with Crippen LogP contribution in [-0.4, -0.2) is 48.4 Å². The standard InChI is InChI=1S/C22H27FN2O/c23-21-11-4-9-20(17-21)18-22(26)25-14-6-13-24(15-16-25)12-5-10-19-7-2-1-3-8-19/h1-4,7-9,11,17H,5-6,10,12-16,18H2. The quantitative estimate of drug-likeness (QED) is 0.792. The molecule has 0 aromatic heterocycles. The molecule has 26 heavy (non-hydrogen) atoms. The number of hydrogen-bond donors (Lipinski definition) is 0. The summed E-state index contributed by atoms with van der Waals surface area (Å²) >= 11 is 0. The summed E-state index contributed by atoms with van der Waals surface area (Å²) in [5, 5.41) is 0. The number of rotatable bonds is 6. The second-order valence-corrected chi connectivity index (χ2v) is 6.97. The molecular weight excluding hydrogens is 327 g/mol. The van der Waals surface area contributed by atoms with E-state index in [0.717, 1.165) is 57.5 Å². The van der Waals surface area contributed by atoms with Crippen LogP contribution in [0.25, 0.3) is 0 Å². The topological polar surface area (TPSA) is 23.6 Å². The lowest BCUT2D eigenvalue weighted by molar-refractivity contribution is -0.130. The van der Waals surface area contributed by atoms with Crippen LogP contribution in [0.4, 0.5) is 4.39 Å². The molecule has 2 aromatic carbocycles. The van der Waals surface area contributed by atoms with E-state index in [4.69, 9.17) is 0 Å². The number of carbonyl (C=O) groups is 1. The predicted molar refractivity (Wildman–Crippen MR) is 103 cm³/mol. The van der Waals surface area contributed by atoms with Crippen LogP contribution in [0.2, 0.25) is 0 Å². The second kappa shape index (κ2) is 9.48. The first kappa shape index (κ1) is 18.6. The van der Waals surface area contributed by atoms with E-state index in [9.17, 15) is 9.18 Å². The van der Waals surface area contributed by atoms with Crippen LogP contribution in [0.3, 0.4) is 0 Å². The number of nitrogens with zero attached hydrogens (tertiary/aromatic N) is 2. The zero-order valence-electron chi connectivity index (χ0n) is 15.2. The summed E-state index contributed by atoms with van der Waals surface area (Å²) in [7, 11) is 0. The van der Waals surface area contributed by atoms with Crippen LogP contribution in [0.15, 0.2) is 54.6 Å². The first-order valence-corrected chi connectivity index (χ1v) is 9.49. The molecule has 3 nitrogen and oxygen atoms in total. The summed E-state index contributed by atoms with van der Waals surface area (Å²) in [6, 6.07) is 16.9. The number of carbonyl (C=O) groups excluding carboxylic acids is 1. The molecule has 1 fully saturated rings. The molecule has 0 bridgehead atoms. The highest BCUT2D eigenvalue weighted by molar-refractivity contribution is 5.78. The second-order valence-electron chi connectivity index (χ2n) is 6.97. The molecule has 0 N–H and O–H groups in total. The van der Waals surface area contributed by atoms with Gasteiger partial charge >= 0.3 is 0 Å². The molecule has 0 atom stereocenters. The van der Waals surface area contributed by atoms with Gasteiger partial charge in [-0.3, -0.25) is 4.79 Å². The number of aryl methyl sites for hydroxylation is 1. The summed E-state index contributed by atoms with van der Waals surface area (Å²) < 4.78 is 13.3. The molecule has 0 saturated carbocycles. The molecular formula is C22H27FN2O. The third-order valence-corrected chi connectivity index (χ3v) is 4.97. The summed E-state index contributed by atoms with van der Waals surface area (Å²) in [5.41, 5.74) is 2.13. The van der Waals surface area contributed by atoms with Crippen molar-refractivity contribution in [1.29, 1.82) is 0 Å². The summed E-state index contributed by atoms with van der Waals surface area (Å²) in [4.78, 5) is 16.9. The fourth-order valence-electron chi connectivity index (χ4n) is 3.53. The van der Waals surface area contributed by atoms with Gasteiger partial charge in [0.25, 0.3) is 0 Å². The van der Waals surface area contributed by atoms with Crippen molar-refractivity contribution < 1.29 is 9.18 Å². The van der Waals surface area contributed by atoms with Gasteiger partial charge in [0.1, 0.15) is 5.82 Å². The van der Waals surface area contributed by atoms with Gasteiger partial charge in [0.15, 0.2) is 0 Å². The van der Waals surface area contributed by atoms with Gasteiger partial charge in [-0.15, -0.1) is 0 Å². The zero-order valence-corrected chi connectivity index (χ0v) is 15.2. The van der Waals surface area contributed by atoms with Gasteiger partial charge in [-0.2, -0.15) is 0 Å². The Kier molecular flexibility index (Phi) is 6.78. The molecule has 0 aliphatic carbocycles.